The Morgan fingerprint density at radius 2 is 2.13 bits per heavy atom. The molecule has 0 fully saturated rings. The van der Waals surface area contributed by atoms with Crippen LogP contribution in [0.25, 0.3) is 0 Å². The van der Waals surface area contributed by atoms with Crippen molar-refractivity contribution in [1.29, 1.82) is 0 Å². The summed E-state index contributed by atoms with van der Waals surface area (Å²) in [6.45, 7) is 7.65. The molecular weight excluding hydrogens is 188 g/mol. The van der Waals surface area contributed by atoms with Crippen LogP contribution >= 0.6 is 0 Å². The molecule has 1 aliphatic carbocycles. The highest BCUT2D eigenvalue weighted by atomic mass is 16.6. The fourth-order valence-electron chi connectivity index (χ4n) is 2.07. The van der Waals surface area contributed by atoms with Gasteiger partial charge >= 0.3 is 5.97 Å². The largest absolute Gasteiger partial charge is 0.459 e. The van der Waals surface area contributed by atoms with E-state index in [9.17, 15) is 4.79 Å². The predicted molar refractivity (Wildman–Crippen MR) is 61.5 cm³/mol. The first-order chi connectivity index (χ1) is 6.91. The van der Waals surface area contributed by atoms with Crippen molar-refractivity contribution in [3.05, 3.63) is 23.3 Å². The molecule has 1 unspecified atom stereocenters. The lowest BCUT2D eigenvalue weighted by Crippen LogP contribution is -2.33. The van der Waals surface area contributed by atoms with Crippen LogP contribution in [0.1, 0.15) is 47.0 Å². The van der Waals surface area contributed by atoms with E-state index in [1.54, 1.807) is 0 Å². The van der Waals surface area contributed by atoms with E-state index in [0.29, 0.717) is 0 Å². The van der Waals surface area contributed by atoms with Crippen LogP contribution in [-0.2, 0) is 9.53 Å². The van der Waals surface area contributed by atoms with E-state index in [0.717, 1.165) is 19.3 Å². The van der Waals surface area contributed by atoms with Crippen molar-refractivity contribution < 1.29 is 9.53 Å². The van der Waals surface area contributed by atoms with Gasteiger partial charge in [-0.15, -0.1) is 0 Å². The maximum Gasteiger partial charge on any atom is 0.303 e. The molecule has 0 aromatic heterocycles. The van der Waals surface area contributed by atoms with Gasteiger partial charge in [0.05, 0.1) is 0 Å². The van der Waals surface area contributed by atoms with Gasteiger partial charge in [-0.1, -0.05) is 17.7 Å². The molecule has 0 aromatic carbocycles. The molecule has 1 aliphatic rings. The maximum atomic E-state index is 11.0. The van der Waals surface area contributed by atoms with Crippen LogP contribution in [0.15, 0.2) is 23.3 Å². The molecule has 2 heteroatoms. The Bertz CT molecular complexity index is 308. The average molecular weight is 208 g/mol. The second kappa shape index (κ2) is 4.65. The topological polar surface area (TPSA) is 26.3 Å². The van der Waals surface area contributed by atoms with E-state index < -0.39 is 0 Å². The number of rotatable bonds is 2. The van der Waals surface area contributed by atoms with Crippen molar-refractivity contribution in [2.24, 2.45) is 0 Å². The zero-order valence-electron chi connectivity index (χ0n) is 10.1. The monoisotopic (exact) mass is 208 g/mol. The molecule has 84 valence electrons. The van der Waals surface area contributed by atoms with Gasteiger partial charge in [0.25, 0.3) is 0 Å². The van der Waals surface area contributed by atoms with Gasteiger partial charge in [-0.25, -0.2) is 0 Å². The highest BCUT2D eigenvalue weighted by Crippen LogP contribution is 2.32. The molecule has 15 heavy (non-hydrogen) atoms. The highest BCUT2D eigenvalue weighted by molar-refractivity contribution is 5.66. The molecule has 0 spiro atoms. The third kappa shape index (κ3) is 3.90. The van der Waals surface area contributed by atoms with Crippen LogP contribution < -0.4 is 0 Å². The molecule has 0 amide bonds. The molecule has 0 saturated carbocycles. The zero-order chi connectivity index (χ0) is 11.5. The number of hydrogen-bond acceptors (Lipinski definition) is 2. The molecule has 1 atom stereocenters. The summed E-state index contributed by atoms with van der Waals surface area (Å²) in [6, 6.07) is 0. The fraction of sp³-hybridized carbons (Fsp3) is 0.615. The van der Waals surface area contributed by atoms with Crippen LogP contribution in [-0.4, -0.2) is 11.6 Å². The Hall–Kier alpha value is -1.05. The summed E-state index contributed by atoms with van der Waals surface area (Å²) < 4.78 is 5.38. The summed E-state index contributed by atoms with van der Waals surface area (Å²) in [5.74, 6) is -0.184. The quantitative estimate of drug-likeness (QED) is 0.650. The lowest BCUT2D eigenvalue weighted by Gasteiger charge is -2.32. The van der Waals surface area contributed by atoms with Gasteiger partial charge < -0.3 is 4.74 Å². The number of carbonyl (C=O) groups is 1. The molecular formula is C13H20O2. The second-order valence-corrected chi connectivity index (χ2v) is 4.76. The van der Waals surface area contributed by atoms with Crippen molar-refractivity contribution in [1.82, 2.24) is 0 Å². The van der Waals surface area contributed by atoms with Crippen molar-refractivity contribution in [2.75, 3.05) is 0 Å². The van der Waals surface area contributed by atoms with E-state index in [1.807, 2.05) is 6.92 Å². The third-order valence-corrected chi connectivity index (χ3v) is 2.52. The van der Waals surface area contributed by atoms with Gasteiger partial charge in [-0.2, -0.15) is 0 Å². The van der Waals surface area contributed by atoms with E-state index >= 15 is 0 Å². The van der Waals surface area contributed by atoms with Gasteiger partial charge in [0.1, 0.15) is 5.60 Å². The number of hydrogen-bond donors (Lipinski definition) is 0. The van der Waals surface area contributed by atoms with Crippen LogP contribution in [0.4, 0.5) is 0 Å². The minimum Gasteiger partial charge on any atom is -0.459 e. The number of allylic oxidation sites excluding steroid dienone is 3. The summed E-state index contributed by atoms with van der Waals surface area (Å²) in [5.41, 5.74) is 2.26. The SMILES string of the molecule is CC(=O)OC1(C)CCC=C(C=C(C)C)C1. The van der Waals surface area contributed by atoms with Crippen LogP contribution in [0.3, 0.4) is 0 Å². The second-order valence-electron chi connectivity index (χ2n) is 4.76. The lowest BCUT2D eigenvalue weighted by molar-refractivity contribution is -0.156. The fourth-order valence-corrected chi connectivity index (χ4v) is 2.07. The smallest absolute Gasteiger partial charge is 0.303 e. The number of esters is 1. The van der Waals surface area contributed by atoms with Gasteiger partial charge in [0, 0.05) is 13.3 Å². The minimum atomic E-state index is -0.304. The van der Waals surface area contributed by atoms with Crippen LogP contribution in [0.5, 0.6) is 0 Å². The van der Waals surface area contributed by atoms with Crippen molar-refractivity contribution >= 4 is 5.97 Å². The molecule has 0 bridgehead atoms. The normalized spacial score (nSPS) is 25.5. The van der Waals surface area contributed by atoms with E-state index in [4.69, 9.17) is 4.74 Å². The number of ether oxygens (including phenoxy) is 1. The standard InChI is InChI=1S/C13H20O2/c1-10(2)8-12-6-5-7-13(4,9-12)15-11(3)14/h6,8H,5,7,9H2,1-4H3. The van der Waals surface area contributed by atoms with E-state index in [-0.39, 0.29) is 11.6 Å². The summed E-state index contributed by atoms with van der Waals surface area (Å²) in [5, 5.41) is 0. The Labute approximate surface area is 92.0 Å². The summed E-state index contributed by atoms with van der Waals surface area (Å²) >= 11 is 0. The molecule has 0 aliphatic heterocycles. The molecule has 0 saturated heterocycles. The van der Waals surface area contributed by atoms with Gasteiger partial charge in [0.2, 0.25) is 0 Å². The maximum absolute atomic E-state index is 11.0. The summed E-state index contributed by atoms with van der Waals surface area (Å²) in [6.07, 6.45) is 7.15. The molecule has 2 nitrogen and oxygen atoms in total. The Morgan fingerprint density at radius 1 is 1.47 bits per heavy atom. The van der Waals surface area contributed by atoms with Crippen molar-refractivity contribution in [3.63, 3.8) is 0 Å². The molecule has 0 N–H and O–H groups in total. The first kappa shape index (κ1) is 12.0. The van der Waals surface area contributed by atoms with E-state index in [1.165, 1.54) is 18.1 Å². The highest BCUT2D eigenvalue weighted by Gasteiger charge is 2.30. The third-order valence-electron chi connectivity index (χ3n) is 2.52. The van der Waals surface area contributed by atoms with Crippen molar-refractivity contribution in [2.45, 2.75) is 52.6 Å². The lowest BCUT2D eigenvalue weighted by atomic mass is 9.85. The Balaban J connectivity index is 2.72. The zero-order valence-corrected chi connectivity index (χ0v) is 10.1. The first-order valence-corrected chi connectivity index (χ1v) is 5.45. The Kier molecular flexibility index (Phi) is 3.72. The molecule has 0 aromatic rings. The van der Waals surface area contributed by atoms with Crippen LogP contribution in [0, 0.1) is 0 Å². The minimum absolute atomic E-state index is 0.184. The number of carbonyl (C=O) groups excluding carboxylic acids is 1. The van der Waals surface area contributed by atoms with Gasteiger partial charge in [0.15, 0.2) is 0 Å². The summed E-state index contributed by atoms with van der Waals surface area (Å²) in [4.78, 5) is 11.0. The Morgan fingerprint density at radius 3 is 2.67 bits per heavy atom. The first-order valence-electron chi connectivity index (χ1n) is 5.45. The molecule has 1 rings (SSSR count). The van der Waals surface area contributed by atoms with E-state index in [2.05, 4.69) is 26.0 Å². The van der Waals surface area contributed by atoms with Crippen LogP contribution in [0.2, 0.25) is 0 Å². The average Bonchev–Trinajstić information content (AvgIpc) is 1.99. The molecule has 0 heterocycles. The van der Waals surface area contributed by atoms with Gasteiger partial charge in [-0.3, -0.25) is 4.79 Å². The molecule has 0 radical (unpaired) electrons. The summed E-state index contributed by atoms with van der Waals surface area (Å²) in [7, 11) is 0. The predicted octanol–water partition coefficient (Wildman–Crippen LogP) is 3.38. The van der Waals surface area contributed by atoms with Gasteiger partial charge in [-0.05, 0) is 39.2 Å². The van der Waals surface area contributed by atoms with Crippen molar-refractivity contribution in [3.8, 4) is 0 Å².